The fourth-order valence-electron chi connectivity index (χ4n) is 3.06. The van der Waals surface area contributed by atoms with E-state index < -0.39 is 0 Å². The van der Waals surface area contributed by atoms with Crippen LogP contribution < -0.4 is 16.0 Å². The van der Waals surface area contributed by atoms with Crippen molar-refractivity contribution in [1.29, 1.82) is 0 Å². The zero-order valence-corrected chi connectivity index (χ0v) is 14.5. The summed E-state index contributed by atoms with van der Waals surface area (Å²) in [5.74, 6) is 0.939. The highest BCUT2D eigenvalue weighted by Gasteiger charge is 2.42. The molecule has 0 unspecified atom stereocenters. The van der Waals surface area contributed by atoms with Crippen LogP contribution in [0.2, 0.25) is 0 Å². The van der Waals surface area contributed by atoms with Gasteiger partial charge in [-0.2, -0.15) is 11.8 Å². The van der Waals surface area contributed by atoms with Crippen LogP contribution in [0.15, 0.2) is 29.2 Å². The molecule has 0 spiro atoms. The number of rotatable bonds is 6. The number of amides is 3. The summed E-state index contributed by atoms with van der Waals surface area (Å²) in [5.41, 5.74) is 0.645. The minimum absolute atomic E-state index is 0.0380. The Balaban J connectivity index is 1.34. The molecule has 3 atom stereocenters. The lowest BCUT2D eigenvalue weighted by molar-refractivity contribution is 0.0952. The smallest absolute Gasteiger partial charge is 0.315 e. The van der Waals surface area contributed by atoms with Gasteiger partial charge >= 0.3 is 6.03 Å². The SMILES string of the molecule is O=C1N[C@H]2[C@H](CS[C@H]2CCCCNC(=O)c2cccc(S)c2)N1. The molecule has 2 saturated heterocycles. The first-order chi connectivity index (χ1) is 11.1. The highest BCUT2D eigenvalue weighted by molar-refractivity contribution is 8.00. The van der Waals surface area contributed by atoms with E-state index in [0.717, 1.165) is 29.9 Å². The number of carbonyl (C=O) groups is 2. The molecule has 0 radical (unpaired) electrons. The Labute approximate surface area is 145 Å². The topological polar surface area (TPSA) is 70.2 Å². The fraction of sp³-hybridized carbons (Fsp3) is 0.500. The summed E-state index contributed by atoms with van der Waals surface area (Å²) in [6.45, 7) is 0.672. The van der Waals surface area contributed by atoms with Crippen LogP contribution in [-0.2, 0) is 0 Å². The number of urea groups is 1. The summed E-state index contributed by atoms with van der Waals surface area (Å²) < 4.78 is 0. The summed E-state index contributed by atoms with van der Waals surface area (Å²) in [5, 5.41) is 9.38. The van der Waals surface area contributed by atoms with Crippen LogP contribution in [0.3, 0.4) is 0 Å². The molecule has 3 N–H and O–H groups in total. The Hall–Kier alpha value is -1.34. The number of thioether (sulfide) groups is 1. The molecule has 1 aromatic carbocycles. The lowest BCUT2D eigenvalue weighted by Gasteiger charge is -2.16. The van der Waals surface area contributed by atoms with Crippen molar-refractivity contribution in [2.75, 3.05) is 12.3 Å². The summed E-state index contributed by atoms with van der Waals surface area (Å²) in [4.78, 5) is 24.1. The maximum absolute atomic E-state index is 12.0. The highest BCUT2D eigenvalue weighted by Crippen LogP contribution is 2.32. The molecule has 3 amide bonds. The second kappa shape index (κ2) is 7.49. The molecule has 0 saturated carbocycles. The first-order valence-electron chi connectivity index (χ1n) is 7.89. The van der Waals surface area contributed by atoms with Crippen LogP contribution in [-0.4, -0.2) is 41.6 Å². The van der Waals surface area contributed by atoms with E-state index in [9.17, 15) is 9.59 Å². The summed E-state index contributed by atoms with van der Waals surface area (Å²) in [6, 6.07) is 7.75. The van der Waals surface area contributed by atoms with Gasteiger partial charge in [-0.05, 0) is 31.0 Å². The molecule has 7 heteroatoms. The van der Waals surface area contributed by atoms with Gasteiger partial charge in [-0.25, -0.2) is 4.79 Å². The van der Waals surface area contributed by atoms with Crippen LogP contribution >= 0.6 is 24.4 Å². The molecule has 2 fully saturated rings. The highest BCUT2D eigenvalue weighted by atomic mass is 32.2. The van der Waals surface area contributed by atoms with Gasteiger partial charge in [0.15, 0.2) is 0 Å². The van der Waals surface area contributed by atoms with Gasteiger partial charge in [0.2, 0.25) is 0 Å². The first-order valence-corrected chi connectivity index (χ1v) is 9.39. The van der Waals surface area contributed by atoms with E-state index in [-0.39, 0.29) is 24.0 Å². The summed E-state index contributed by atoms with van der Waals surface area (Å²) in [6.07, 6.45) is 3.06. The molecule has 2 heterocycles. The second-order valence-corrected chi connectivity index (χ2v) is 7.71. The minimum Gasteiger partial charge on any atom is -0.352 e. The molecule has 23 heavy (non-hydrogen) atoms. The molecule has 0 bridgehead atoms. The molecule has 0 aromatic heterocycles. The van der Waals surface area contributed by atoms with Crippen molar-refractivity contribution in [2.45, 2.75) is 41.5 Å². The molecular weight excluding hydrogens is 330 g/mol. The Kier molecular flexibility index (Phi) is 5.38. The lowest BCUT2D eigenvalue weighted by atomic mass is 10.0. The van der Waals surface area contributed by atoms with E-state index in [4.69, 9.17) is 0 Å². The van der Waals surface area contributed by atoms with Crippen molar-refractivity contribution in [2.24, 2.45) is 0 Å². The third kappa shape index (κ3) is 4.14. The van der Waals surface area contributed by atoms with E-state index >= 15 is 0 Å². The molecule has 124 valence electrons. The number of unbranched alkanes of at least 4 members (excludes halogenated alkanes) is 1. The van der Waals surface area contributed by atoms with Crippen LogP contribution in [0.25, 0.3) is 0 Å². The predicted molar refractivity (Wildman–Crippen MR) is 95.4 cm³/mol. The van der Waals surface area contributed by atoms with Crippen molar-refractivity contribution in [3.8, 4) is 0 Å². The lowest BCUT2D eigenvalue weighted by Crippen LogP contribution is -2.36. The van der Waals surface area contributed by atoms with E-state index in [1.54, 1.807) is 12.1 Å². The maximum atomic E-state index is 12.0. The largest absolute Gasteiger partial charge is 0.352 e. The summed E-state index contributed by atoms with van der Waals surface area (Å²) in [7, 11) is 0. The zero-order valence-electron chi connectivity index (χ0n) is 12.7. The second-order valence-electron chi connectivity index (χ2n) is 5.92. The van der Waals surface area contributed by atoms with E-state index in [1.807, 2.05) is 23.9 Å². The van der Waals surface area contributed by atoms with Crippen molar-refractivity contribution >= 4 is 36.3 Å². The molecule has 5 nitrogen and oxygen atoms in total. The molecule has 0 aliphatic carbocycles. The van der Waals surface area contributed by atoms with Gasteiger partial charge in [0, 0.05) is 28.0 Å². The normalized spacial score (nSPS) is 25.6. The van der Waals surface area contributed by atoms with Gasteiger partial charge in [-0.15, -0.1) is 12.6 Å². The number of carbonyl (C=O) groups excluding carboxylic acids is 2. The number of nitrogens with one attached hydrogen (secondary N) is 3. The van der Waals surface area contributed by atoms with Gasteiger partial charge in [-0.1, -0.05) is 12.5 Å². The molecule has 2 aliphatic rings. The zero-order chi connectivity index (χ0) is 16.2. The third-order valence-corrected chi connectivity index (χ3v) is 6.03. The first kappa shape index (κ1) is 16.5. The monoisotopic (exact) mass is 351 g/mol. The molecular formula is C16H21N3O2S2. The quantitative estimate of drug-likeness (QED) is 0.360. The molecule has 2 aliphatic heterocycles. The van der Waals surface area contributed by atoms with E-state index in [2.05, 4.69) is 28.6 Å². The number of hydrogen-bond donors (Lipinski definition) is 4. The van der Waals surface area contributed by atoms with Crippen LogP contribution in [0, 0.1) is 0 Å². The van der Waals surface area contributed by atoms with Gasteiger partial charge in [0.25, 0.3) is 5.91 Å². The van der Waals surface area contributed by atoms with Crippen LogP contribution in [0.4, 0.5) is 4.79 Å². The molecule has 3 rings (SSSR count). The third-order valence-electron chi connectivity index (χ3n) is 4.25. The number of hydrogen-bond acceptors (Lipinski definition) is 4. The average Bonchev–Trinajstić information content (AvgIpc) is 3.06. The van der Waals surface area contributed by atoms with Crippen molar-refractivity contribution in [3.05, 3.63) is 29.8 Å². The van der Waals surface area contributed by atoms with Gasteiger partial charge in [0.1, 0.15) is 0 Å². The number of benzene rings is 1. The van der Waals surface area contributed by atoms with Crippen molar-refractivity contribution < 1.29 is 9.59 Å². The standard InChI is InChI=1S/C16H21N3O2S2/c20-15(10-4-3-5-11(22)8-10)17-7-2-1-6-13-14-12(9-23-13)18-16(21)19-14/h3-5,8,12-14,22H,1-2,6-7,9H2,(H,17,20)(H2,18,19,21)/t12-,13-,14-/m0/s1. The van der Waals surface area contributed by atoms with Crippen molar-refractivity contribution in [1.82, 2.24) is 16.0 Å². The minimum atomic E-state index is -0.0524. The number of fused-ring (bicyclic) bond motifs is 1. The Bertz CT molecular complexity index is 596. The van der Waals surface area contributed by atoms with E-state index in [0.29, 0.717) is 17.4 Å². The van der Waals surface area contributed by atoms with Crippen LogP contribution in [0.1, 0.15) is 29.6 Å². The van der Waals surface area contributed by atoms with Gasteiger partial charge in [0.05, 0.1) is 12.1 Å². The molecule has 1 aromatic rings. The van der Waals surface area contributed by atoms with Crippen molar-refractivity contribution in [3.63, 3.8) is 0 Å². The van der Waals surface area contributed by atoms with Gasteiger partial charge in [-0.3, -0.25) is 4.79 Å². The maximum Gasteiger partial charge on any atom is 0.315 e. The number of thiol groups is 1. The predicted octanol–water partition coefficient (Wildman–Crippen LogP) is 2.04. The van der Waals surface area contributed by atoms with E-state index in [1.165, 1.54) is 0 Å². The Morgan fingerprint density at radius 3 is 3.04 bits per heavy atom. The van der Waals surface area contributed by atoms with Crippen LogP contribution in [0.5, 0.6) is 0 Å². The Morgan fingerprint density at radius 2 is 2.22 bits per heavy atom. The Morgan fingerprint density at radius 1 is 1.35 bits per heavy atom. The average molecular weight is 351 g/mol. The van der Waals surface area contributed by atoms with Gasteiger partial charge < -0.3 is 16.0 Å². The fourth-order valence-corrected chi connectivity index (χ4v) is 4.83. The summed E-state index contributed by atoms with van der Waals surface area (Å²) >= 11 is 6.17.